The zero-order valence-corrected chi connectivity index (χ0v) is 15.9. The monoisotopic (exact) mass is 388 g/mol. The van der Waals surface area contributed by atoms with Crippen molar-refractivity contribution in [3.8, 4) is 0 Å². The maximum absolute atomic E-state index is 12.3. The molecule has 2 N–H and O–H groups in total. The van der Waals surface area contributed by atoms with Crippen molar-refractivity contribution in [1.82, 2.24) is 5.32 Å². The highest BCUT2D eigenvalue weighted by atomic mass is 35.5. The van der Waals surface area contributed by atoms with Gasteiger partial charge in [-0.05, 0) is 48.4 Å². The van der Waals surface area contributed by atoms with Crippen molar-refractivity contribution >= 4 is 35.1 Å². The quantitative estimate of drug-likeness (QED) is 0.711. The third-order valence-corrected chi connectivity index (χ3v) is 4.16. The highest BCUT2D eigenvalue weighted by Crippen LogP contribution is 2.20. The van der Waals surface area contributed by atoms with Crippen LogP contribution in [0, 0.1) is 6.92 Å². The van der Waals surface area contributed by atoms with Gasteiger partial charge in [-0.1, -0.05) is 23.7 Å². The third-order valence-electron chi connectivity index (χ3n) is 3.73. The predicted molar refractivity (Wildman–Crippen MR) is 104 cm³/mol. The molecule has 2 amide bonds. The molecule has 2 aromatic carbocycles. The third kappa shape index (κ3) is 6.75. The van der Waals surface area contributed by atoms with Crippen molar-refractivity contribution < 1.29 is 19.1 Å². The summed E-state index contributed by atoms with van der Waals surface area (Å²) in [5.41, 5.74) is 2.80. The number of aryl methyl sites for hydroxylation is 1. The molecule has 142 valence electrons. The summed E-state index contributed by atoms with van der Waals surface area (Å²) in [6.07, 6.45) is 0.112. The van der Waals surface area contributed by atoms with Gasteiger partial charge in [0.1, 0.15) is 6.61 Å². The molecule has 2 aromatic rings. The molecule has 0 aliphatic carbocycles. The Labute approximate surface area is 162 Å². The highest BCUT2D eigenvalue weighted by Gasteiger charge is 2.08. The second kappa shape index (κ2) is 9.73. The van der Waals surface area contributed by atoms with E-state index in [1.807, 2.05) is 6.92 Å². The Morgan fingerprint density at radius 1 is 1.07 bits per heavy atom. The number of anilines is 1. The highest BCUT2D eigenvalue weighted by molar-refractivity contribution is 6.31. The number of carbonyl (C=O) groups is 3. The molecule has 0 heterocycles. The van der Waals surface area contributed by atoms with E-state index in [4.69, 9.17) is 16.3 Å². The van der Waals surface area contributed by atoms with Crippen LogP contribution in [0.1, 0.15) is 34.8 Å². The SMILES string of the molecule is CC(=O)NCCC(=O)OCc1ccc(C(=O)Nc2ccc(Cl)c(C)c2)cc1. The lowest BCUT2D eigenvalue weighted by Crippen LogP contribution is -2.23. The van der Waals surface area contributed by atoms with Gasteiger partial charge in [-0.25, -0.2) is 0 Å². The molecule has 0 bridgehead atoms. The Kier molecular flexibility index (Phi) is 7.37. The van der Waals surface area contributed by atoms with E-state index in [-0.39, 0.29) is 31.4 Å². The lowest BCUT2D eigenvalue weighted by molar-refractivity contribution is -0.144. The Hall–Kier alpha value is -2.86. The van der Waals surface area contributed by atoms with E-state index in [2.05, 4.69) is 10.6 Å². The standard InChI is InChI=1S/C20H21ClN2O4/c1-13-11-17(7-8-18(13)21)23-20(26)16-5-3-15(4-6-16)12-27-19(25)9-10-22-14(2)24/h3-8,11H,9-10,12H2,1-2H3,(H,22,24)(H,23,26). The second-order valence-corrected chi connectivity index (χ2v) is 6.42. The smallest absolute Gasteiger partial charge is 0.307 e. The summed E-state index contributed by atoms with van der Waals surface area (Å²) in [5, 5.41) is 5.98. The summed E-state index contributed by atoms with van der Waals surface area (Å²) in [5.74, 6) is -0.829. The number of halogens is 1. The number of hydrogen-bond donors (Lipinski definition) is 2. The first-order valence-corrected chi connectivity index (χ1v) is 8.79. The van der Waals surface area contributed by atoms with Gasteiger partial charge in [0.2, 0.25) is 5.91 Å². The van der Waals surface area contributed by atoms with Crippen LogP contribution in [0.3, 0.4) is 0 Å². The summed E-state index contributed by atoms with van der Waals surface area (Å²) in [6, 6.07) is 12.1. The zero-order valence-electron chi connectivity index (χ0n) is 15.2. The largest absolute Gasteiger partial charge is 0.461 e. The van der Waals surface area contributed by atoms with E-state index in [1.165, 1.54) is 6.92 Å². The van der Waals surface area contributed by atoms with Gasteiger partial charge in [0.25, 0.3) is 5.91 Å². The number of hydrogen-bond acceptors (Lipinski definition) is 4. The maximum Gasteiger partial charge on any atom is 0.307 e. The molecule has 6 nitrogen and oxygen atoms in total. The van der Waals surface area contributed by atoms with Crippen molar-refractivity contribution in [2.24, 2.45) is 0 Å². The van der Waals surface area contributed by atoms with Crippen LogP contribution in [0.2, 0.25) is 5.02 Å². The van der Waals surface area contributed by atoms with Gasteiger partial charge in [-0.3, -0.25) is 14.4 Å². The molecule has 27 heavy (non-hydrogen) atoms. The number of benzene rings is 2. The van der Waals surface area contributed by atoms with Crippen LogP contribution in [0.25, 0.3) is 0 Å². The van der Waals surface area contributed by atoms with Gasteiger partial charge in [0.15, 0.2) is 0 Å². The first kappa shape index (κ1) is 20.5. The molecular weight excluding hydrogens is 368 g/mol. The van der Waals surface area contributed by atoms with Crippen molar-refractivity contribution in [3.63, 3.8) is 0 Å². The molecule has 0 spiro atoms. The van der Waals surface area contributed by atoms with Crippen molar-refractivity contribution in [2.45, 2.75) is 26.9 Å². The maximum atomic E-state index is 12.3. The van der Waals surface area contributed by atoms with Crippen LogP contribution in [-0.4, -0.2) is 24.3 Å². The van der Waals surface area contributed by atoms with Gasteiger partial charge < -0.3 is 15.4 Å². The summed E-state index contributed by atoms with van der Waals surface area (Å²) in [6.45, 7) is 3.61. The minimum absolute atomic E-state index is 0.108. The molecule has 0 saturated heterocycles. The fraction of sp³-hybridized carbons (Fsp3) is 0.250. The van der Waals surface area contributed by atoms with Crippen molar-refractivity contribution in [3.05, 3.63) is 64.2 Å². The molecule has 0 radical (unpaired) electrons. The van der Waals surface area contributed by atoms with E-state index in [1.54, 1.807) is 42.5 Å². The molecule has 0 saturated carbocycles. The average Bonchev–Trinajstić information content (AvgIpc) is 2.63. The summed E-state index contributed by atoms with van der Waals surface area (Å²) in [7, 11) is 0. The van der Waals surface area contributed by atoms with E-state index < -0.39 is 5.97 Å². The molecule has 0 fully saturated rings. The average molecular weight is 389 g/mol. The summed E-state index contributed by atoms with van der Waals surface area (Å²) in [4.78, 5) is 34.6. The Balaban J connectivity index is 1.85. The zero-order chi connectivity index (χ0) is 19.8. The summed E-state index contributed by atoms with van der Waals surface area (Å²) >= 11 is 5.98. The van der Waals surface area contributed by atoms with Gasteiger partial charge in [-0.2, -0.15) is 0 Å². The topological polar surface area (TPSA) is 84.5 Å². The van der Waals surface area contributed by atoms with E-state index in [9.17, 15) is 14.4 Å². The van der Waals surface area contributed by atoms with E-state index in [0.29, 0.717) is 16.3 Å². The Bertz CT molecular complexity index is 834. The van der Waals surface area contributed by atoms with Crippen LogP contribution >= 0.6 is 11.6 Å². The normalized spacial score (nSPS) is 10.2. The first-order valence-electron chi connectivity index (χ1n) is 8.41. The number of carbonyl (C=O) groups excluding carboxylic acids is 3. The van der Waals surface area contributed by atoms with Gasteiger partial charge in [-0.15, -0.1) is 0 Å². The summed E-state index contributed by atoms with van der Waals surface area (Å²) < 4.78 is 5.13. The van der Waals surface area contributed by atoms with E-state index in [0.717, 1.165) is 11.1 Å². The van der Waals surface area contributed by atoms with Crippen LogP contribution in [0.5, 0.6) is 0 Å². The molecule has 0 aliphatic heterocycles. The molecular formula is C20H21ClN2O4. The Morgan fingerprint density at radius 3 is 2.41 bits per heavy atom. The van der Waals surface area contributed by atoms with Crippen molar-refractivity contribution in [1.29, 1.82) is 0 Å². The fourth-order valence-corrected chi connectivity index (χ4v) is 2.37. The second-order valence-electron chi connectivity index (χ2n) is 6.01. The van der Waals surface area contributed by atoms with Crippen LogP contribution in [-0.2, 0) is 20.9 Å². The number of ether oxygens (including phenoxy) is 1. The fourth-order valence-electron chi connectivity index (χ4n) is 2.25. The van der Waals surface area contributed by atoms with Gasteiger partial charge in [0.05, 0.1) is 6.42 Å². The Morgan fingerprint density at radius 2 is 1.78 bits per heavy atom. The number of amides is 2. The molecule has 0 aromatic heterocycles. The predicted octanol–water partition coefficient (Wildman–Crippen LogP) is 3.47. The molecule has 2 rings (SSSR count). The first-order chi connectivity index (χ1) is 12.8. The molecule has 0 unspecified atom stereocenters. The molecule has 0 aliphatic rings. The van der Waals surface area contributed by atoms with Gasteiger partial charge >= 0.3 is 5.97 Å². The lowest BCUT2D eigenvalue weighted by atomic mass is 10.1. The van der Waals surface area contributed by atoms with Gasteiger partial charge in [0, 0.05) is 29.7 Å². The number of rotatable bonds is 7. The number of nitrogens with one attached hydrogen (secondary N) is 2. The molecule has 0 atom stereocenters. The lowest BCUT2D eigenvalue weighted by Gasteiger charge is -2.08. The minimum atomic E-state index is -0.399. The van der Waals surface area contributed by atoms with Crippen molar-refractivity contribution in [2.75, 3.05) is 11.9 Å². The number of esters is 1. The van der Waals surface area contributed by atoms with Crippen LogP contribution < -0.4 is 10.6 Å². The minimum Gasteiger partial charge on any atom is -0.461 e. The molecule has 7 heteroatoms. The van der Waals surface area contributed by atoms with Crippen LogP contribution in [0.15, 0.2) is 42.5 Å². The van der Waals surface area contributed by atoms with Crippen LogP contribution in [0.4, 0.5) is 5.69 Å². The van der Waals surface area contributed by atoms with E-state index >= 15 is 0 Å².